The van der Waals surface area contributed by atoms with E-state index in [0.717, 1.165) is 42.3 Å². The molecular formula is C18H27NO2. The average molecular weight is 289 g/mol. The van der Waals surface area contributed by atoms with Crippen LogP contribution in [-0.2, 0) is 6.54 Å². The predicted octanol–water partition coefficient (Wildman–Crippen LogP) is 3.91. The largest absolute Gasteiger partial charge is 0.494 e. The molecule has 0 atom stereocenters. The number of ketones is 1. The van der Waals surface area contributed by atoms with Gasteiger partial charge in [-0.1, -0.05) is 6.92 Å². The highest BCUT2D eigenvalue weighted by Crippen LogP contribution is 2.31. The maximum atomic E-state index is 11.6. The molecule has 0 saturated heterocycles. The second-order valence-corrected chi connectivity index (χ2v) is 5.99. The van der Waals surface area contributed by atoms with E-state index in [2.05, 4.69) is 11.8 Å². The van der Waals surface area contributed by atoms with Crippen molar-refractivity contribution in [2.75, 3.05) is 19.7 Å². The fraction of sp³-hybridized carbons (Fsp3) is 0.611. The third-order valence-electron chi connectivity index (χ3n) is 3.91. The Kier molecular flexibility index (Phi) is 5.80. The van der Waals surface area contributed by atoms with Crippen molar-refractivity contribution in [2.45, 2.75) is 46.6 Å². The molecule has 0 spiro atoms. The molecule has 116 valence electrons. The molecule has 0 radical (unpaired) electrons. The van der Waals surface area contributed by atoms with Gasteiger partial charge in [-0.05, 0) is 63.8 Å². The van der Waals surface area contributed by atoms with Crippen molar-refractivity contribution in [2.24, 2.45) is 5.92 Å². The van der Waals surface area contributed by atoms with E-state index in [4.69, 9.17) is 4.74 Å². The van der Waals surface area contributed by atoms with Crippen molar-refractivity contribution in [1.82, 2.24) is 4.90 Å². The third kappa shape index (κ3) is 4.85. The van der Waals surface area contributed by atoms with Crippen LogP contribution in [0.2, 0.25) is 0 Å². The van der Waals surface area contributed by atoms with Gasteiger partial charge in [-0.2, -0.15) is 0 Å². The van der Waals surface area contributed by atoms with Crippen LogP contribution in [0, 0.1) is 5.92 Å². The van der Waals surface area contributed by atoms with E-state index in [-0.39, 0.29) is 5.78 Å². The molecule has 21 heavy (non-hydrogen) atoms. The fourth-order valence-corrected chi connectivity index (χ4v) is 2.68. The van der Waals surface area contributed by atoms with Crippen LogP contribution in [0.4, 0.5) is 0 Å². The Hall–Kier alpha value is -1.35. The number of benzene rings is 1. The Morgan fingerprint density at radius 1 is 1.33 bits per heavy atom. The summed E-state index contributed by atoms with van der Waals surface area (Å²) in [6, 6.07) is 5.81. The minimum atomic E-state index is 0.114. The monoisotopic (exact) mass is 289 g/mol. The maximum absolute atomic E-state index is 11.6. The summed E-state index contributed by atoms with van der Waals surface area (Å²) in [5, 5.41) is 0. The number of rotatable bonds is 9. The van der Waals surface area contributed by atoms with E-state index < -0.39 is 0 Å². The van der Waals surface area contributed by atoms with Gasteiger partial charge < -0.3 is 4.74 Å². The summed E-state index contributed by atoms with van der Waals surface area (Å²) < 4.78 is 5.73. The molecule has 1 aromatic carbocycles. The molecule has 3 nitrogen and oxygen atoms in total. The van der Waals surface area contributed by atoms with Crippen LogP contribution < -0.4 is 4.74 Å². The van der Waals surface area contributed by atoms with Crippen LogP contribution in [0.15, 0.2) is 18.2 Å². The molecule has 3 heteroatoms. The summed E-state index contributed by atoms with van der Waals surface area (Å²) >= 11 is 0. The first kappa shape index (κ1) is 16.0. The van der Waals surface area contributed by atoms with Gasteiger partial charge in [-0.15, -0.1) is 0 Å². The van der Waals surface area contributed by atoms with E-state index in [1.54, 1.807) is 6.92 Å². The lowest BCUT2D eigenvalue weighted by Gasteiger charge is -2.23. The summed E-state index contributed by atoms with van der Waals surface area (Å²) in [7, 11) is 0. The molecule has 1 aromatic rings. The molecule has 1 saturated carbocycles. The molecule has 0 heterocycles. The first-order chi connectivity index (χ1) is 10.1. The van der Waals surface area contributed by atoms with Crippen LogP contribution in [0.5, 0.6) is 5.75 Å². The highest BCUT2D eigenvalue weighted by molar-refractivity contribution is 5.94. The zero-order chi connectivity index (χ0) is 15.2. The lowest BCUT2D eigenvalue weighted by Crippen LogP contribution is -2.26. The van der Waals surface area contributed by atoms with Gasteiger partial charge in [0, 0.05) is 24.2 Å². The van der Waals surface area contributed by atoms with Crippen molar-refractivity contribution < 1.29 is 9.53 Å². The van der Waals surface area contributed by atoms with Crippen molar-refractivity contribution in [3.05, 3.63) is 29.3 Å². The summed E-state index contributed by atoms with van der Waals surface area (Å²) in [6.45, 7) is 9.64. The zero-order valence-corrected chi connectivity index (χ0v) is 13.5. The Labute approximate surface area is 128 Å². The molecular weight excluding hydrogens is 262 g/mol. The standard InChI is InChI=1S/C18H27NO2/c1-4-10-19(12-15-6-7-15)13-17-11-16(14(3)20)8-9-18(17)21-5-2/h8-9,11,15H,4-7,10,12-13H2,1-3H3. The molecule has 0 aliphatic heterocycles. The number of nitrogens with zero attached hydrogens (tertiary/aromatic N) is 1. The Morgan fingerprint density at radius 3 is 2.67 bits per heavy atom. The van der Waals surface area contributed by atoms with E-state index in [9.17, 15) is 4.79 Å². The number of hydrogen-bond acceptors (Lipinski definition) is 3. The van der Waals surface area contributed by atoms with Gasteiger partial charge in [0.2, 0.25) is 0 Å². The normalized spacial score (nSPS) is 14.5. The zero-order valence-electron chi connectivity index (χ0n) is 13.5. The van der Waals surface area contributed by atoms with E-state index >= 15 is 0 Å². The van der Waals surface area contributed by atoms with Crippen molar-refractivity contribution in [3.8, 4) is 5.75 Å². The number of hydrogen-bond donors (Lipinski definition) is 0. The van der Waals surface area contributed by atoms with Crippen LogP contribution in [0.25, 0.3) is 0 Å². The van der Waals surface area contributed by atoms with Crippen LogP contribution in [0.3, 0.4) is 0 Å². The number of carbonyl (C=O) groups excluding carboxylic acids is 1. The van der Waals surface area contributed by atoms with Gasteiger partial charge in [0.05, 0.1) is 6.61 Å². The first-order valence-corrected chi connectivity index (χ1v) is 8.13. The number of ether oxygens (including phenoxy) is 1. The van der Waals surface area contributed by atoms with Gasteiger partial charge in [0.1, 0.15) is 5.75 Å². The molecule has 0 aromatic heterocycles. The van der Waals surface area contributed by atoms with Crippen LogP contribution in [-0.4, -0.2) is 30.4 Å². The van der Waals surface area contributed by atoms with Crippen LogP contribution >= 0.6 is 0 Å². The van der Waals surface area contributed by atoms with Crippen molar-refractivity contribution >= 4 is 5.78 Å². The summed E-state index contributed by atoms with van der Waals surface area (Å²) in [6.07, 6.45) is 3.89. The highest BCUT2D eigenvalue weighted by atomic mass is 16.5. The SMILES string of the molecule is CCCN(Cc1cc(C(C)=O)ccc1OCC)CC1CC1. The summed E-state index contributed by atoms with van der Waals surface area (Å²) in [5.41, 5.74) is 1.91. The topological polar surface area (TPSA) is 29.5 Å². The molecule has 0 amide bonds. The minimum absolute atomic E-state index is 0.114. The molecule has 1 fully saturated rings. The molecule has 0 bridgehead atoms. The van der Waals surface area contributed by atoms with Crippen molar-refractivity contribution in [1.29, 1.82) is 0 Å². The lowest BCUT2D eigenvalue weighted by molar-refractivity contribution is 0.101. The maximum Gasteiger partial charge on any atom is 0.159 e. The quantitative estimate of drug-likeness (QED) is 0.646. The molecule has 2 rings (SSSR count). The Balaban J connectivity index is 2.16. The van der Waals surface area contributed by atoms with Gasteiger partial charge in [-0.25, -0.2) is 0 Å². The van der Waals surface area contributed by atoms with Gasteiger partial charge >= 0.3 is 0 Å². The summed E-state index contributed by atoms with van der Waals surface area (Å²) in [4.78, 5) is 14.1. The molecule has 1 aliphatic rings. The fourth-order valence-electron chi connectivity index (χ4n) is 2.68. The van der Waals surface area contributed by atoms with Crippen molar-refractivity contribution in [3.63, 3.8) is 0 Å². The Bertz CT molecular complexity index is 480. The van der Waals surface area contributed by atoms with Gasteiger partial charge in [0.25, 0.3) is 0 Å². The third-order valence-corrected chi connectivity index (χ3v) is 3.91. The molecule has 1 aliphatic carbocycles. The second-order valence-electron chi connectivity index (χ2n) is 5.99. The highest BCUT2D eigenvalue weighted by Gasteiger charge is 2.24. The smallest absolute Gasteiger partial charge is 0.159 e. The number of carbonyl (C=O) groups is 1. The van der Waals surface area contributed by atoms with E-state index in [1.807, 2.05) is 25.1 Å². The minimum Gasteiger partial charge on any atom is -0.494 e. The number of Topliss-reactive ketones (excluding diaryl/α,β-unsaturated/α-hetero) is 1. The lowest BCUT2D eigenvalue weighted by atomic mass is 10.1. The average Bonchev–Trinajstić information content (AvgIpc) is 3.25. The van der Waals surface area contributed by atoms with Crippen LogP contribution in [0.1, 0.15) is 56.0 Å². The Morgan fingerprint density at radius 2 is 2.10 bits per heavy atom. The van der Waals surface area contributed by atoms with Gasteiger partial charge in [0.15, 0.2) is 5.78 Å². The van der Waals surface area contributed by atoms with E-state index in [1.165, 1.54) is 19.4 Å². The predicted molar refractivity (Wildman–Crippen MR) is 85.9 cm³/mol. The molecule has 0 N–H and O–H groups in total. The first-order valence-electron chi connectivity index (χ1n) is 8.13. The molecule has 0 unspecified atom stereocenters. The van der Waals surface area contributed by atoms with Gasteiger partial charge in [-0.3, -0.25) is 9.69 Å². The summed E-state index contributed by atoms with van der Waals surface area (Å²) in [5.74, 6) is 1.91. The van der Waals surface area contributed by atoms with E-state index in [0.29, 0.717) is 6.61 Å². The second kappa shape index (κ2) is 7.60.